The van der Waals surface area contributed by atoms with Gasteiger partial charge in [0.05, 0.1) is 0 Å². The van der Waals surface area contributed by atoms with Gasteiger partial charge < -0.3 is 20.3 Å². The average Bonchev–Trinajstić information content (AvgIpc) is 2.95. The third kappa shape index (κ3) is 3.81. The Morgan fingerprint density at radius 1 is 1.43 bits per heavy atom. The lowest BCUT2D eigenvalue weighted by atomic mass is 9.97. The van der Waals surface area contributed by atoms with Gasteiger partial charge in [0, 0.05) is 18.7 Å². The highest BCUT2D eigenvalue weighted by Crippen LogP contribution is 2.18. The van der Waals surface area contributed by atoms with E-state index < -0.39 is 4.92 Å². The molecule has 1 aromatic rings. The molecule has 1 aliphatic heterocycles. The minimum Gasteiger partial charge on any atom is -0.358 e. The largest absolute Gasteiger partial charge is 0.358 e. The smallest absolute Gasteiger partial charge is 0.321 e. The number of aromatic nitrogens is 1. The van der Waals surface area contributed by atoms with E-state index in [2.05, 4.69) is 10.3 Å². The molecule has 1 fully saturated rings. The maximum atomic E-state index is 12.6. The lowest BCUT2D eigenvalue weighted by Crippen LogP contribution is -2.43. The van der Waals surface area contributed by atoms with Crippen molar-refractivity contribution in [3.63, 3.8) is 0 Å². The fourth-order valence-electron chi connectivity index (χ4n) is 2.64. The first-order chi connectivity index (χ1) is 9.99. The van der Waals surface area contributed by atoms with Gasteiger partial charge in [0.1, 0.15) is 0 Å². The molecule has 1 aromatic heterocycles. The van der Waals surface area contributed by atoms with Crippen LogP contribution in [0, 0.1) is 16.0 Å². The lowest BCUT2D eigenvalue weighted by Gasteiger charge is -2.32. The van der Waals surface area contributed by atoms with Crippen molar-refractivity contribution in [1.82, 2.24) is 15.2 Å². The molecule has 0 aliphatic carbocycles. The van der Waals surface area contributed by atoms with E-state index in [4.69, 9.17) is 0 Å². The Bertz CT molecular complexity index is 506. The molecule has 0 saturated carbocycles. The summed E-state index contributed by atoms with van der Waals surface area (Å²) in [6.07, 6.45) is 2.11. The summed E-state index contributed by atoms with van der Waals surface area (Å²) in [7, 11) is 0. The highest BCUT2D eigenvalue weighted by Gasteiger charge is 2.26. The van der Waals surface area contributed by atoms with Crippen molar-refractivity contribution in [2.45, 2.75) is 32.7 Å². The van der Waals surface area contributed by atoms with Crippen LogP contribution in [0.3, 0.4) is 0 Å². The number of H-pyrrole nitrogens is 1. The van der Waals surface area contributed by atoms with Gasteiger partial charge in [0.25, 0.3) is 5.91 Å². The molecule has 2 rings (SSSR count). The first kappa shape index (κ1) is 15.5. The van der Waals surface area contributed by atoms with Gasteiger partial charge in [-0.05, 0) is 56.7 Å². The van der Waals surface area contributed by atoms with Crippen molar-refractivity contribution >= 4 is 11.7 Å². The number of hydrogen-bond donors (Lipinski definition) is 2. The summed E-state index contributed by atoms with van der Waals surface area (Å²) in [5, 5.41) is 14.0. The summed E-state index contributed by atoms with van der Waals surface area (Å²) < 4.78 is 0. The van der Waals surface area contributed by atoms with Gasteiger partial charge in [-0.25, -0.2) is 4.98 Å². The van der Waals surface area contributed by atoms with Crippen LogP contribution < -0.4 is 5.32 Å². The van der Waals surface area contributed by atoms with E-state index in [-0.39, 0.29) is 23.5 Å². The van der Waals surface area contributed by atoms with Crippen LogP contribution >= 0.6 is 0 Å². The van der Waals surface area contributed by atoms with Crippen molar-refractivity contribution < 1.29 is 9.72 Å². The Hall–Kier alpha value is -1.89. The maximum absolute atomic E-state index is 12.6. The van der Waals surface area contributed by atoms with Gasteiger partial charge in [0.2, 0.25) is 0 Å². The van der Waals surface area contributed by atoms with Crippen LogP contribution in [0.4, 0.5) is 5.82 Å². The third-order valence-electron chi connectivity index (χ3n) is 3.90. The third-order valence-corrected chi connectivity index (χ3v) is 3.90. The zero-order chi connectivity index (χ0) is 15.4. The number of nitrogens with one attached hydrogen (secondary N) is 2. The van der Waals surface area contributed by atoms with Gasteiger partial charge in [-0.1, -0.05) is 0 Å². The van der Waals surface area contributed by atoms with Gasteiger partial charge in [-0.2, -0.15) is 0 Å². The molecule has 2 N–H and O–H groups in total. The molecular formula is C14H22N4O3. The maximum Gasteiger partial charge on any atom is 0.321 e. The molecule has 0 spiro atoms. The summed E-state index contributed by atoms with van der Waals surface area (Å²) in [5.74, 6) is 0.170. The van der Waals surface area contributed by atoms with Crippen molar-refractivity contribution in [2.75, 3.05) is 19.6 Å². The Balaban J connectivity index is 2.08. The molecule has 0 unspecified atom stereocenters. The second-order valence-corrected chi connectivity index (χ2v) is 5.76. The first-order valence-corrected chi connectivity index (χ1v) is 7.34. The van der Waals surface area contributed by atoms with Gasteiger partial charge in [0.15, 0.2) is 5.69 Å². The zero-order valence-corrected chi connectivity index (χ0v) is 12.5. The Morgan fingerprint density at radius 3 is 2.62 bits per heavy atom. The monoisotopic (exact) mass is 294 g/mol. The standard InChI is InChI=1S/C14H22N4O3/c1-10(2)17(9-11-5-7-15-8-6-11)14(19)12-3-4-13(16-12)18(20)21/h3-4,10-11,15-16H,5-9H2,1-2H3. The predicted octanol–water partition coefficient (Wildman–Crippen LogP) is 1.77. The highest BCUT2D eigenvalue weighted by atomic mass is 16.6. The van der Waals surface area contributed by atoms with Crippen molar-refractivity contribution in [3.8, 4) is 0 Å². The molecule has 1 aliphatic rings. The minimum atomic E-state index is -0.525. The highest BCUT2D eigenvalue weighted by molar-refractivity contribution is 5.93. The fourth-order valence-corrected chi connectivity index (χ4v) is 2.64. The number of nitrogens with zero attached hydrogens (tertiary/aromatic N) is 2. The summed E-state index contributed by atoms with van der Waals surface area (Å²) in [4.78, 5) is 27.1. The SMILES string of the molecule is CC(C)N(CC1CCNCC1)C(=O)c1ccc([N+](=O)[O-])[nH]1. The minimum absolute atomic E-state index is 0.0646. The van der Waals surface area contributed by atoms with Crippen LogP contribution in [0.15, 0.2) is 12.1 Å². The summed E-state index contributed by atoms with van der Waals surface area (Å²) in [6.45, 7) is 6.61. The lowest BCUT2D eigenvalue weighted by molar-refractivity contribution is -0.389. The topological polar surface area (TPSA) is 91.3 Å². The molecule has 0 aromatic carbocycles. The second kappa shape index (κ2) is 6.71. The van der Waals surface area contributed by atoms with E-state index >= 15 is 0 Å². The number of rotatable bonds is 5. The molecular weight excluding hydrogens is 272 g/mol. The van der Waals surface area contributed by atoms with Crippen LogP contribution in [-0.4, -0.2) is 46.4 Å². The molecule has 7 heteroatoms. The van der Waals surface area contributed by atoms with Gasteiger partial charge >= 0.3 is 5.82 Å². The Kier molecular flexibility index (Phi) is 4.95. The van der Waals surface area contributed by atoms with E-state index in [1.165, 1.54) is 12.1 Å². The van der Waals surface area contributed by atoms with Gasteiger partial charge in [-0.3, -0.25) is 4.79 Å². The van der Waals surface area contributed by atoms with Gasteiger partial charge in [-0.15, -0.1) is 0 Å². The number of carbonyl (C=O) groups is 1. The van der Waals surface area contributed by atoms with Crippen molar-refractivity contribution in [3.05, 3.63) is 27.9 Å². The molecule has 21 heavy (non-hydrogen) atoms. The summed E-state index contributed by atoms with van der Waals surface area (Å²) in [5.41, 5.74) is 0.282. The summed E-state index contributed by atoms with van der Waals surface area (Å²) >= 11 is 0. The second-order valence-electron chi connectivity index (χ2n) is 5.76. The average molecular weight is 294 g/mol. The normalized spacial score (nSPS) is 16.1. The van der Waals surface area contributed by atoms with E-state index in [0.717, 1.165) is 25.9 Å². The van der Waals surface area contributed by atoms with Crippen LogP contribution in [0.25, 0.3) is 0 Å². The molecule has 116 valence electrons. The van der Waals surface area contributed by atoms with Crippen molar-refractivity contribution in [2.24, 2.45) is 5.92 Å². The molecule has 7 nitrogen and oxygen atoms in total. The molecule has 0 radical (unpaired) electrons. The van der Waals surface area contributed by atoms with Crippen LogP contribution in [0.2, 0.25) is 0 Å². The van der Waals surface area contributed by atoms with Crippen molar-refractivity contribution in [1.29, 1.82) is 0 Å². The molecule has 2 heterocycles. The molecule has 1 amide bonds. The number of aromatic amines is 1. The fraction of sp³-hybridized carbons (Fsp3) is 0.643. The first-order valence-electron chi connectivity index (χ1n) is 7.34. The number of nitro groups is 1. The van der Waals surface area contributed by atoms with E-state index in [1.807, 2.05) is 13.8 Å². The molecule has 1 saturated heterocycles. The van der Waals surface area contributed by atoms with Crippen LogP contribution in [0.5, 0.6) is 0 Å². The van der Waals surface area contributed by atoms with E-state index in [0.29, 0.717) is 12.5 Å². The Labute approximate surface area is 123 Å². The van der Waals surface area contributed by atoms with Crippen LogP contribution in [0.1, 0.15) is 37.2 Å². The molecule has 0 bridgehead atoms. The zero-order valence-electron chi connectivity index (χ0n) is 12.5. The summed E-state index contributed by atoms with van der Waals surface area (Å²) in [6, 6.07) is 2.88. The predicted molar refractivity (Wildman–Crippen MR) is 79.2 cm³/mol. The van der Waals surface area contributed by atoms with Crippen LogP contribution in [-0.2, 0) is 0 Å². The number of piperidine rings is 1. The quantitative estimate of drug-likeness (QED) is 0.639. The number of carbonyl (C=O) groups excluding carboxylic acids is 1. The molecule has 0 atom stereocenters. The number of amides is 1. The van der Waals surface area contributed by atoms with E-state index in [9.17, 15) is 14.9 Å². The Morgan fingerprint density at radius 2 is 2.10 bits per heavy atom. The number of hydrogen-bond acceptors (Lipinski definition) is 4. The van der Waals surface area contributed by atoms with E-state index in [1.54, 1.807) is 4.90 Å².